The van der Waals surface area contributed by atoms with Crippen LogP contribution in [0.3, 0.4) is 0 Å². The molecule has 13 heavy (non-hydrogen) atoms. The van der Waals surface area contributed by atoms with Crippen LogP contribution < -0.4 is 11.1 Å². The van der Waals surface area contributed by atoms with E-state index in [1.807, 2.05) is 0 Å². The molecule has 4 N–H and O–H groups in total. The fraction of sp³-hybridized carbons (Fsp3) is 0.857. The van der Waals surface area contributed by atoms with Gasteiger partial charge in [0, 0.05) is 5.16 Å². The lowest BCUT2D eigenvalue weighted by atomic mass is 10.3. The topological polar surface area (TPSA) is 92.4 Å². The first-order valence-electron chi connectivity index (χ1n) is 3.99. The van der Waals surface area contributed by atoms with E-state index in [1.54, 1.807) is 20.8 Å². The summed E-state index contributed by atoms with van der Waals surface area (Å²) in [5, 5.41) is 1.59. The third kappa shape index (κ3) is 3.89. The Bertz CT molecular complexity index is 234. The number of nitrogens with one attached hydrogen (secondary N) is 1. The Hall–Kier alpha value is -0.380. The normalized spacial score (nSPS) is 16.4. The smallest absolute Gasteiger partial charge is 0.234 e. The summed E-state index contributed by atoms with van der Waals surface area (Å²) in [6.07, 6.45) is -0.216. The molecule has 0 aromatic rings. The highest BCUT2D eigenvalue weighted by atomic mass is 31.2. The van der Waals surface area contributed by atoms with E-state index in [4.69, 9.17) is 5.73 Å². The Kier molecular flexibility index (Phi) is 4.10. The van der Waals surface area contributed by atoms with Crippen LogP contribution in [0.2, 0.25) is 0 Å². The molecule has 0 saturated heterocycles. The van der Waals surface area contributed by atoms with Gasteiger partial charge in [-0.05, 0) is 0 Å². The number of amides is 1. The second-order valence-electron chi connectivity index (χ2n) is 3.83. The maximum Gasteiger partial charge on any atom is 0.234 e. The molecule has 0 aromatic heterocycles. The number of carbonyl (C=O) groups excluding carboxylic acids is 1. The zero-order chi connectivity index (χ0) is 10.7. The van der Waals surface area contributed by atoms with Crippen LogP contribution in [0, 0.1) is 0 Å². The Morgan fingerprint density at radius 3 is 2.31 bits per heavy atom. The third-order valence-corrected chi connectivity index (χ3v) is 4.41. The standard InChI is InChI=1S/C7H17N2O3P/c1-7(2,3)13(11,12)5-9-6(10)4-8/h4-5,8H2,1-3H3,(H,9,10)(H,11,12). The Morgan fingerprint density at radius 2 is 2.00 bits per heavy atom. The van der Waals surface area contributed by atoms with E-state index >= 15 is 0 Å². The molecule has 0 saturated carbocycles. The second-order valence-corrected chi connectivity index (χ2v) is 6.90. The van der Waals surface area contributed by atoms with Gasteiger partial charge in [0.1, 0.15) is 0 Å². The van der Waals surface area contributed by atoms with Crippen LogP contribution in [0.5, 0.6) is 0 Å². The number of carbonyl (C=O) groups is 1. The largest absolute Gasteiger partial charge is 0.346 e. The highest BCUT2D eigenvalue weighted by Crippen LogP contribution is 2.52. The average molecular weight is 208 g/mol. The molecule has 0 rings (SSSR count). The molecule has 1 amide bonds. The molecule has 0 aliphatic rings. The van der Waals surface area contributed by atoms with Crippen molar-refractivity contribution < 1.29 is 14.3 Å². The third-order valence-electron chi connectivity index (χ3n) is 1.72. The van der Waals surface area contributed by atoms with Crippen molar-refractivity contribution in [3.8, 4) is 0 Å². The Labute approximate surface area is 78.2 Å². The number of hydrogen-bond acceptors (Lipinski definition) is 3. The summed E-state index contributed by atoms with van der Waals surface area (Å²) in [5.74, 6) is -0.418. The number of nitrogens with two attached hydrogens (primary N) is 1. The highest BCUT2D eigenvalue weighted by Gasteiger charge is 2.34. The van der Waals surface area contributed by atoms with Gasteiger partial charge in [-0.15, -0.1) is 0 Å². The lowest BCUT2D eigenvalue weighted by molar-refractivity contribution is -0.119. The molecule has 0 spiro atoms. The summed E-state index contributed by atoms with van der Waals surface area (Å²) in [4.78, 5) is 20.2. The van der Waals surface area contributed by atoms with Crippen LogP contribution in [-0.2, 0) is 9.36 Å². The van der Waals surface area contributed by atoms with Crippen molar-refractivity contribution in [1.29, 1.82) is 0 Å². The maximum absolute atomic E-state index is 11.6. The summed E-state index contributed by atoms with van der Waals surface area (Å²) in [7, 11) is -3.33. The van der Waals surface area contributed by atoms with Crippen LogP contribution in [0.25, 0.3) is 0 Å². The second kappa shape index (κ2) is 4.22. The van der Waals surface area contributed by atoms with E-state index in [-0.39, 0.29) is 12.8 Å². The van der Waals surface area contributed by atoms with Crippen LogP contribution in [-0.4, -0.2) is 28.8 Å². The van der Waals surface area contributed by atoms with Gasteiger partial charge in [-0.2, -0.15) is 0 Å². The summed E-state index contributed by atoms with van der Waals surface area (Å²) in [5.41, 5.74) is 5.03. The van der Waals surface area contributed by atoms with Crippen molar-refractivity contribution in [3.05, 3.63) is 0 Å². The van der Waals surface area contributed by atoms with E-state index in [1.165, 1.54) is 0 Å². The minimum atomic E-state index is -3.33. The summed E-state index contributed by atoms with van der Waals surface area (Å²) < 4.78 is 11.6. The first kappa shape index (κ1) is 12.6. The molecule has 0 heterocycles. The van der Waals surface area contributed by atoms with Gasteiger partial charge in [0.05, 0.1) is 12.8 Å². The molecule has 78 valence electrons. The molecule has 0 fully saturated rings. The minimum Gasteiger partial charge on any atom is -0.346 e. The van der Waals surface area contributed by atoms with E-state index in [9.17, 15) is 14.3 Å². The molecule has 0 radical (unpaired) electrons. The predicted octanol–water partition coefficient (Wildman–Crippen LogP) is 0.0877. The van der Waals surface area contributed by atoms with Gasteiger partial charge in [0.2, 0.25) is 13.3 Å². The van der Waals surface area contributed by atoms with E-state index in [0.717, 1.165) is 0 Å². The van der Waals surface area contributed by atoms with E-state index in [2.05, 4.69) is 5.32 Å². The molecule has 0 bridgehead atoms. The van der Waals surface area contributed by atoms with Crippen molar-refractivity contribution in [2.24, 2.45) is 5.73 Å². The predicted molar refractivity (Wildman–Crippen MR) is 51.6 cm³/mol. The lowest BCUT2D eigenvalue weighted by Gasteiger charge is -2.25. The zero-order valence-electron chi connectivity index (χ0n) is 8.20. The first-order chi connectivity index (χ1) is 5.70. The molecule has 0 aromatic carbocycles. The molecular weight excluding hydrogens is 191 g/mol. The fourth-order valence-corrected chi connectivity index (χ4v) is 1.37. The minimum absolute atomic E-state index is 0.163. The quantitative estimate of drug-likeness (QED) is 0.573. The lowest BCUT2D eigenvalue weighted by Crippen LogP contribution is -2.33. The number of rotatable bonds is 3. The van der Waals surface area contributed by atoms with Crippen LogP contribution in [0.4, 0.5) is 0 Å². The molecule has 5 nitrogen and oxygen atoms in total. The van der Waals surface area contributed by atoms with Crippen molar-refractivity contribution in [3.63, 3.8) is 0 Å². The molecule has 1 atom stereocenters. The van der Waals surface area contributed by atoms with Crippen molar-refractivity contribution in [2.45, 2.75) is 25.9 Å². The summed E-state index contributed by atoms with van der Waals surface area (Å²) in [6.45, 7) is 4.80. The fourth-order valence-electron chi connectivity index (χ4n) is 0.505. The maximum atomic E-state index is 11.6. The molecule has 1 unspecified atom stereocenters. The average Bonchev–Trinajstić information content (AvgIpc) is 1.98. The van der Waals surface area contributed by atoms with Gasteiger partial charge in [-0.25, -0.2) is 0 Å². The number of hydrogen-bond donors (Lipinski definition) is 3. The van der Waals surface area contributed by atoms with Gasteiger partial charge in [-0.1, -0.05) is 20.8 Å². The van der Waals surface area contributed by atoms with E-state index in [0.29, 0.717) is 0 Å². The SMILES string of the molecule is CC(C)(C)P(=O)(O)CNC(=O)CN. The van der Waals surface area contributed by atoms with Crippen molar-refractivity contribution >= 4 is 13.3 Å². The van der Waals surface area contributed by atoms with Crippen LogP contribution in [0.1, 0.15) is 20.8 Å². The first-order valence-corrected chi connectivity index (χ1v) is 5.84. The molecule has 0 aliphatic carbocycles. The highest BCUT2D eigenvalue weighted by molar-refractivity contribution is 7.59. The van der Waals surface area contributed by atoms with Gasteiger partial charge >= 0.3 is 0 Å². The zero-order valence-corrected chi connectivity index (χ0v) is 9.10. The Balaban J connectivity index is 4.21. The Morgan fingerprint density at radius 1 is 1.54 bits per heavy atom. The summed E-state index contributed by atoms with van der Waals surface area (Å²) >= 11 is 0. The molecule has 6 heteroatoms. The molecule has 0 aliphatic heterocycles. The van der Waals surface area contributed by atoms with Crippen LogP contribution in [0.15, 0.2) is 0 Å². The van der Waals surface area contributed by atoms with Crippen molar-refractivity contribution in [2.75, 3.05) is 12.8 Å². The van der Waals surface area contributed by atoms with Gasteiger partial charge < -0.3 is 15.9 Å². The van der Waals surface area contributed by atoms with Gasteiger partial charge in [-0.3, -0.25) is 9.36 Å². The summed E-state index contributed by atoms with van der Waals surface area (Å²) in [6, 6.07) is 0. The van der Waals surface area contributed by atoms with Gasteiger partial charge in [0.15, 0.2) is 0 Å². The van der Waals surface area contributed by atoms with Crippen molar-refractivity contribution in [1.82, 2.24) is 5.32 Å². The molecular formula is C7H17N2O3P. The monoisotopic (exact) mass is 208 g/mol. The van der Waals surface area contributed by atoms with Gasteiger partial charge in [0.25, 0.3) is 0 Å². The van der Waals surface area contributed by atoms with Crippen LogP contribution >= 0.6 is 7.37 Å². The van der Waals surface area contributed by atoms with E-state index < -0.39 is 18.4 Å².